The van der Waals surface area contributed by atoms with E-state index in [0.29, 0.717) is 24.8 Å². The predicted molar refractivity (Wildman–Crippen MR) is 149 cm³/mol. The number of aromatic nitrogens is 1. The second-order valence-corrected chi connectivity index (χ2v) is 11.6. The molecule has 3 atom stereocenters. The summed E-state index contributed by atoms with van der Waals surface area (Å²) in [6.07, 6.45) is 3.05. The Morgan fingerprint density at radius 1 is 1.21 bits per heavy atom. The van der Waals surface area contributed by atoms with Crippen LogP contribution in [-0.4, -0.2) is 75.3 Å². The molecule has 10 nitrogen and oxygen atoms in total. The van der Waals surface area contributed by atoms with Crippen molar-refractivity contribution in [2.75, 3.05) is 33.2 Å². The lowest BCUT2D eigenvalue weighted by Gasteiger charge is -2.57. The van der Waals surface area contributed by atoms with Gasteiger partial charge in [0.15, 0.2) is 11.4 Å². The van der Waals surface area contributed by atoms with Crippen LogP contribution in [0.15, 0.2) is 35.3 Å². The van der Waals surface area contributed by atoms with Crippen molar-refractivity contribution in [1.82, 2.24) is 14.5 Å². The quantitative estimate of drug-likeness (QED) is 0.392. The number of nitrogens with zero attached hydrogens (tertiary/aromatic N) is 4. The second kappa shape index (κ2) is 10.5. The number of hydrogen-bond donors (Lipinski definition) is 3. The summed E-state index contributed by atoms with van der Waals surface area (Å²) in [5.74, 6) is -1.85. The van der Waals surface area contributed by atoms with E-state index in [4.69, 9.17) is 10.8 Å². The van der Waals surface area contributed by atoms with E-state index in [0.717, 1.165) is 11.8 Å². The minimum atomic E-state index is -0.868. The average molecular weight is 557 g/mol. The normalized spacial score (nSPS) is 22.6. The first kappa shape index (κ1) is 28.3. The van der Waals surface area contributed by atoms with Gasteiger partial charge in [0, 0.05) is 46.7 Å². The predicted octanol–water partition coefficient (Wildman–Crippen LogP) is 2.85. The van der Waals surface area contributed by atoms with Gasteiger partial charge in [0.2, 0.25) is 11.3 Å². The number of hydrogen-bond acceptors (Lipinski definition) is 8. The van der Waals surface area contributed by atoms with Gasteiger partial charge in [0.05, 0.1) is 10.6 Å². The van der Waals surface area contributed by atoms with Crippen LogP contribution in [0.1, 0.15) is 47.8 Å². The van der Waals surface area contributed by atoms with Gasteiger partial charge in [-0.15, -0.1) is 0 Å². The summed E-state index contributed by atoms with van der Waals surface area (Å²) in [7, 11) is 6.85. The summed E-state index contributed by atoms with van der Waals surface area (Å²) in [5, 5.41) is 29.3. The first-order chi connectivity index (χ1) is 18.3. The Labute approximate surface area is 230 Å². The van der Waals surface area contributed by atoms with Crippen molar-refractivity contribution in [3.8, 4) is 5.75 Å². The van der Waals surface area contributed by atoms with E-state index >= 15 is 0 Å². The molecule has 2 aliphatic rings. The molecule has 1 aromatic heterocycles. The van der Waals surface area contributed by atoms with Crippen molar-refractivity contribution in [2.24, 2.45) is 11.8 Å². The molecule has 1 spiro atoms. The van der Waals surface area contributed by atoms with Crippen molar-refractivity contribution in [1.29, 1.82) is 10.8 Å². The maximum atomic E-state index is 13.5. The molecule has 2 aromatic rings. The van der Waals surface area contributed by atoms with Gasteiger partial charge in [-0.05, 0) is 42.9 Å². The molecule has 3 N–H and O–H groups in total. The van der Waals surface area contributed by atoms with Crippen molar-refractivity contribution < 1.29 is 19.1 Å². The number of carbonyl (C=O) groups is 2. The van der Waals surface area contributed by atoms with Crippen molar-refractivity contribution in [3.63, 3.8) is 0 Å². The Morgan fingerprint density at radius 3 is 2.44 bits per heavy atom. The maximum absolute atomic E-state index is 13.5. The van der Waals surface area contributed by atoms with Crippen LogP contribution in [0.3, 0.4) is 0 Å². The van der Waals surface area contributed by atoms with E-state index in [2.05, 4.69) is 0 Å². The van der Waals surface area contributed by atoms with Gasteiger partial charge in [-0.2, -0.15) is 0 Å². The van der Waals surface area contributed by atoms with E-state index < -0.39 is 28.6 Å². The number of halogens is 1. The minimum Gasteiger partial charge on any atom is -0.502 e. The first-order valence-corrected chi connectivity index (χ1v) is 13.4. The molecule has 1 aromatic carbocycles. The number of carbonyl (C=O) groups excluding carboxylic acids is 2. The second-order valence-electron chi connectivity index (χ2n) is 10.5. The van der Waals surface area contributed by atoms with Crippen LogP contribution in [0.25, 0.3) is 0 Å². The average Bonchev–Trinajstić information content (AvgIpc) is 2.88. The monoisotopic (exact) mass is 556 g/mol. The zero-order valence-corrected chi connectivity index (χ0v) is 23.4. The Morgan fingerprint density at radius 2 is 1.85 bits per heavy atom. The van der Waals surface area contributed by atoms with Crippen LogP contribution < -0.4 is 10.4 Å². The first-order valence-electron chi connectivity index (χ1n) is 12.6. The van der Waals surface area contributed by atoms with Gasteiger partial charge in [0.1, 0.15) is 16.5 Å². The van der Waals surface area contributed by atoms with Gasteiger partial charge >= 0.3 is 0 Å². The van der Waals surface area contributed by atoms with Crippen LogP contribution in [0, 0.1) is 28.5 Å². The number of fused-ring (bicyclic) bond motifs is 1. The van der Waals surface area contributed by atoms with Gasteiger partial charge in [-0.1, -0.05) is 30.8 Å². The van der Waals surface area contributed by atoms with Crippen LogP contribution in [0.5, 0.6) is 5.75 Å². The number of amides is 2. The summed E-state index contributed by atoms with van der Waals surface area (Å²) in [6.45, 7) is 1.99. The molecule has 0 bridgehead atoms. The molecule has 0 saturated heterocycles. The third-order valence-electron chi connectivity index (χ3n) is 7.92. The highest BCUT2D eigenvalue weighted by molar-refractivity contribution is 8.26. The summed E-state index contributed by atoms with van der Waals surface area (Å²) in [4.78, 5) is 42.4. The van der Waals surface area contributed by atoms with Crippen LogP contribution >= 0.6 is 11.8 Å². The maximum Gasteiger partial charge on any atom is 0.278 e. The van der Waals surface area contributed by atoms with Crippen LogP contribution in [-0.2, 0) is 11.2 Å². The molecule has 39 heavy (non-hydrogen) atoms. The number of aromatic hydroxyl groups is 1. The van der Waals surface area contributed by atoms with E-state index in [-0.39, 0.29) is 45.5 Å². The minimum absolute atomic E-state index is 0.0406. The SMILES string of the molecule is CC1CC2(CCC1C(=O)N(C)C)N(C)C(=O)c1c(O)c(=O)c(C(=N)SC(=N)Cc3ccc(F)cc3)cn1N2C. The molecule has 4 rings (SSSR count). The summed E-state index contributed by atoms with van der Waals surface area (Å²) >= 11 is 0.754. The van der Waals surface area contributed by atoms with E-state index in [1.165, 1.54) is 27.9 Å². The molecule has 1 fully saturated rings. The van der Waals surface area contributed by atoms with Crippen LogP contribution in [0.2, 0.25) is 0 Å². The number of nitrogens with one attached hydrogen (secondary N) is 2. The number of rotatable bonds is 4. The number of thioether (sulfide) groups is 1. The summed E-state index contributed by atoms with van der Waals surface area (Å²) in [6, 6.07) is 5.67. The summed E-state index contributed by atoms with van der Waals surface area (Å²) in [5.41, 5.74) is -1.34. The lowest BCUT2D eigenvalue weighted by atomic mass is 9.72. The molecule has 1 saturated carbocycles. The zero-order valence-electron chi connectivity index (χ0n) is 22.6. The van der Waals surface area contributed by atoms with E-state index in [1.807, 2.05) is 6.92 Å². The third kappa shape index (κ3) is 4.93. The zero-order chi connectivity index (χ0) is 28.8. The molecular formula is C27H33FN6O4S. The molecule has 1 aliphatic carbocycles. The largest absolute Gasteiger partial charge is 0.502 e. The molecular weight excluding hydrogens is 523 g/mol. The Hall–Kier alpha value is -3.67. The third-order valence-corrected chi connectivity index (χ3v) is 8.73. The molecule has 1 aliphatic heterocycles. The number of pyridine rings is 1. The molecule has 208 valence electrons. The lowest BCUT2D eigenvalue weighted by molar-refractivity contribution is -0.137. The Balaban J connectivity index is 1.65. The fourth-order valence-corrected chi connectivity index (χ4v) is 6.42. The van der Waals surface area contributed by atoms with Gasteiger partial charge < -0.3 is 14.9 Å². The molecule has 2 heterocycles. The van der Waals surface area contributed by atoms with Crippen molar-refractivity contribution >= 4 is 33.7 Å². The highest BCUT2D eigenvalue weighted by atomic mass is 32.2. The topological polar surface area (TPSA) is 134 Å². The highest BCUT2D eigenvalue weighted by Crippen LogP contribution is 2.44. The highest BCUT2D eigenvalue weighted by Gasteiger charge is 2.52. The Kier molecular flexibility index (Phi) is 7.61. The fourth-order valence-electron chi connectivity index (χ4n) is 5.68. The smallest absolute Gasteiger partial charge is 0.278 e. The van der Waals surface area contributed by atoms with E-state index in [1.54, 1.807) is 50.2 Å². The fraction of sp³-hybridized carbons (Fsp3) is 0.444. The van der Waals surface area contributed by atoms with Crippen LogP contribution in [0.4, 0.5) is 4.39 Å². The van der Waals surface area contributed by atoms with Crippen molar-refractivity contribution in [2.45, 2.75) is 38.3 Å². The van der Waals surface area contributed by atoms with Gasteiger partial charge in [0.25, 0.3) is 5.91 Å². The molecule has 2 amide bonds. The lowest BCUT2D eigenvalue weighted by Crippen LogP contribution is -2.70. The number of benzene rings is 1. The molecule has 12 heteroatoms. The van der Waals surface area contributed by atoms with Crippen molar-refractivity contribution in [3.05, 3.63) is 63.3 Å². The summed E-state index contributed by atoms with van der Waals surface area (Å²) < 4.78 is 14.6. The molecule has 3 unspecified atom stereocenters. The molecule has 0 radical (unpaired) electrons. The standard InChI is InChI=1S/C27H33FN6O4S/c1-15-13-27(11-10-18(15)25(37)31(2)3)32(4)26(38)21-23(36)22(35)19(14-34(21)33(27)5)24(30)39-20(29)12-16-6-8-17(28)9-7-16/h6-9,14-15,18,29-30,36H,10-13H2,1-5H3. The van der Waals surface area contributed by atoms with E-state index in [9.17, 15) is 23.9 Å². The van der Waals surface area contributed by atoms with Gasteiger partial charge in [-0.25, -0.2) is 4.39 Å². The van der Waals surface area contributed by atoms with Gasteiger partial charge in [-0.3, -0.25) is 34.9 Å². The Bertz CT molecular complexity index is 1410.